The van der Waals surface area contributed by atoms with E-state index in [1.54, 1.807) is 18.2 Å². The van der Waals surface area contributed by atoms with Gasteiger partial charge in [0.15, 0.2) is 0 Å². The van der Waals surface area contributed by atoms with E-state index in [0.717, 1.165) is 0 Å². The van der Waals surface area contributed by atoms with E-state index in [1.807, 2.05) is 13.8 Å². The summed E-state index contributed by atoms with van der Waals surface area (Å²) in [6.45, 7) is 5.95. The van der Waals surface area contributed by atoms with Gasteiger partial charge in [0, 0.05) is 18.5 Å². The highest BCUT2D eigenvalue weighted by Crippen LogP contribution is 2.25. The van der Waals surface area contributed by atoms with Gasteiger partial charge in [-0.05, 0) is 24.1 Å². The number of halogens is 2. The van der Waals surface area contributed by atoms with Gasteiger partial charge in [-0.25, -0.2) is 0 Å². The molecule has 0 radical (unpaired) electrons. The molecular formula is C14H18Cl2N2O2. The average Bonchev–Trinajstić information content (AvgIpc) is 2.32. The van der Waals surface area contributed by atoms with Crippen molar-refractivity contribution in [1.82, 2.24) is 4.90 Å². The fourth-order valence-corrected chi connectivity index (χ4v) is 2.04. The fraction of sp³-hybridized carbons (Fsp3) is 0.429. The molecule has 1 rings (SSSR count). The first-order valence-electron chi connectivity index (χ1n) is 6.30. The van der Waals surface area contributed by atoms with Crippen molar-refractivity contribution in [3.8, 4) is 0 Å². The van der Waals surface area contributed by atoms with Crippen molar-refractivity contribution in [2.75, 3.05) is 18.4 Å². The quantitative estimate of drug-likeness (QED) is 0.904. The molecule has 0 bridgehead atoms. The van der Waals surface area contributed by atoms with Gasteiger partial charge in [-0.1, -0.05) is 37.0 Å². The third-order valence-corrected chi connectivity index (χ3v) is 3.13. The minimum absolute atomic E-state index is 0.00362. The summed E-state index contributed by atoms with van der Waals surface area (Å²) in [5.41, 5.74) is 0.442. The number of carbonyl (C=O) groups is 2. The van der Waals surface area contributed by atoms with Crippen molar-refractivity contribution in [1.29, 1.82) is 0 Å². The smallest absolute Gasteiger partial charge is 0.244 e. The Balaban J connectivity index is 2.70. The van der Waals surface area contributed by atoms with Gasteiger partial charge < -0.3 is 10.2 Å². The molecule has 0 aromatic heterocycles. The van der Waals surface area contributed by atoms with Gasteiger partial charge in [0.05, 0.1) is 17.3 Å². The van der Waals surface area contributed by atoms with E-state index >= 15 is 0 Å². The Morgan fingerprint density at radius 3 is 2.50 bits per heavy atom. The Morgan fingerprint density at radius 1 is 1.30 bits per heavy atom. The first kappa shape index (κ1) is 16.8. The molecule has 0 saturated heterocycles. The highest BCUT2D eigenvalue weighted by atomic mass is 35.5. The zero-order valence-electron chi connectivity index (χ0n) is 11.7. The summed E-state index contributed by atoms with van der Waals surface area (Å²) >= 11 is 11.8. The van der Waals surface area contributed by atoms with Crippen LogP contribution in [-0.2, 0) is 9.59 Å². The van der Waals surface area contributed by atoms with E-state index in [2.05, 4.69) is 5.32 Å². The van der Waals surface area contributed by atoms with Crippen molar-refractivity contribution >= 4 is 40.7 Å². The molecule has 0 heterocycles. The van der Waals surface area contributed by atoms with Crippen molar-refractivity contribution in [2.24, 2.45) is 5.92 Å². The van der Waals surface area contributed by atoms with Crippen LogP contribution in [0.3, 0.4) is 0 Å². The van der Waals surface area contributed by atoms with Gasteiger partial charge in [0.2, 0.25) is 11.8 Å². The van der Waals surface area contributed by atoms with Crippen LogP contribution in [0.2, 0.25) is 10.0 Å². The van der Waals surface area contributed by atoms with Gasteiger partial charge in [0.25, 0.3) is 0 Å². The number of benzene rings is 1. The van der Waals surface area contributed by atoms with Crippen LogP contribution in [0, 0.1) is 5.92 Å². The van der Waals surface area contributed by atoms with E-state index in [4.69, 9.17) is 23.2 Å². The van der Waals surface area contributed by atoms with Crippen molar-refractivity contribution in [2.45, 2.75) is 20.8 Å². The molecule has 4 nitrogen and oxygen atoms in total. The number of nitrogens with zero attached hydrogens (tertiary/aromatic N) is 1. The molecule has 1 aromatic carbocycles. The van der Waals surface area contributed by atoms with Crippen LogP contribution < -0.4 is 5.32 Å². The van der Waals surface area contributed by atoms with E-state index in [1.165, 1.54) is 11.8 Å². The van der Waals surface area contributed by atoms with Gasteiger partial charge in [-0.2, -0.15) is 0 Å². The topological polar surface area (TPSA) is 49.4 Å². The third kappa shape index (κ3) is 5.39. The maximum Gasteiger partial charge on any atom is 0.244 e. The summed E-state index contributed by atoms with van der Waals surface area (Å²) < 4.78 is 0. The Labute approximate surface area is 129 Å². The Kier molecular flexibility index (Phi) is 6.30. The van der Waals surface area contributed by atoms with Crippen molar-refractivity contribution < 1.29 is 9.59 Å². The minimum atomic E-state index is -0.301. The first-order chi connectivity index (χ1) is 9.29. The molecule has 0 atom stereocenters. The second kappa shape index (κ2) is 7.50. The minimum Gasteiger partial charge on any atom is -0.333 e. The largest absolute Gasteiger partial charge is 0.333 e. The first-order valence-corrected chi connectivity index (χ1v) is 7.05. The SMILES string of the molecule is CC(=O)N(CC(=O)Nc1cc(Cl)ccc1Cl)CC(C)C. The Morgan fingerprint density at radius 2 is 1.95 bits per heavy atom. The number of anilines is 1. The molecule has 0 unspecified atom stereocenters. The number of hydrogen-bond donors (Lipinski definition) is 1. The van der Waals surface area contributed by atoms with Crippen LogP contribution >= 0.6 is 23.2 Å². The summed E-state index contributed by atoms with van der Waals surface area (Å²) in [6.07, 6.45) is 0. The van der Waals surface area contributed by atoms with Gasteiger partial charge in [0.1, 0.15) is 0 Å². The fourth-order valence-electron chi connectivity index (χ4n) is 1.70. The molecule has 0 aliphatic rings. The third-order valence-electron chi connectivity index (χ3n) is 2.57. The number of nitrogens with one attached hydrogen (secondary N) is 1. The predicted octanol–water partition coefficient (Wildman–Crippen LogP) is 3.44. The number of rotatable bonds is 5. The molecule has 6 heteroatoms. The second-order valence-electron chi connectivity index (χ2n) is 4.97. The van der Waals surface area contributed by atoms with E-state index in [-0.39, 0.29) is 18.4 Å². The van der Waals surface area contributed by atoms with Gasteiger partial charge in [-0.3, -0.25) is 9.59 Å². The number of carbonyl (C=O) groups excluding carboxylic acids is 2. The number of amides is 2. The zero-order valence-corrected chi connectivity index (χ0v) is 13.3. The molecule has 0 aliphatic carbocycles. The Hall–Kier alpha value is -1.26. The van der Waals surface area contributed by atoms with Crippen LogP contribution in [0.1, 0.15) is 20.8 Å². The molecule has 0 saturated carbocycles. The molecule has 20 heavy (non-hydrogen) atoms. The summed E-state index contributed by atoms with van der Waals surface area (Å²) in [4.78, 5) is 25.0. The molecular weight excluding hydrogens is 299 g/mol. The average molecular weight is 317 g/mol. The summed E-state index contributed by atoms with van der Waals surface area (Å²) in [7, 11) is 0. The molecule has 0 aliphatic heterocycles. The lowest BCUT2D eigenvalue weighted by molar-refractivity contribution is -0.133. The molecule has 0 spiro atoms. The maximum atomic E-state index is 12.0. The van der Waals surface area contributed by atoms with Crippen LogP contribution in [0.15, 0.2) is 18.2 Å². The standard InChI is InChI=1S/C14H18Cl2N2O2/c1-9(2)7-18(10(3)19)8-14(20)17-13-6-11(15)4-5-12(13)16/h4-6,9H,7-8H2,1-3H3,(H,17,20). The zero-order chi connectivity index (χ0) is 15.3. The van der Waals surface area contributed by atoms with Gasteiger partial charge in [-0.15, -0.1) is 0 Å². The van der Waals surface area contributed by atoms with E-state index in [0.29, 0.717) is 28.2 Å². The predicted molar refractivity (Wildman–Crippen MR) is 82.2 cm³/mol. The van der Waals surface area contributed by atoms with E-state index < -0.39 is 0 Å². The summed E-state index contributed by atoms with van der Waals surface area (Å²) in [5, 5.41) is 3.55. The van der Waals surface area contributed by atoms with Crippen molar-refractivity contribution in [3.05, 3.63) is 28.2 Å². The van der Waals surface area contributed by atoms with Crippen LogP contribution in [-0.4, -0.2) is 29.8 Å². The van der Waals surface area contributed by atoms with Crippen LogP contribution in [0.25, 0.3) is 0 Å². The molecule has 0 fully saturated rings. The molecule has 110 valence electrons. The van der Waals surface area contributed by atoms with Crippen LogP contribution in [0.4, 0.5) is 5.69 Å². The normalized spacial score (nSPS) is 10.5. The lowest BCUT2D eigenvalue weighted by Crippen LogP contribution is -2.38. The summed E-state index contributed by atoms with van der Waals surface area (Å²) in [5.74, 6) is -0.141. The lowest BCUT2D eigenvalue weighted by atomic mass is 10.2. The highest BCUT2D eigenvalue weighted by molar-refractivity contribution is 6.35. The second-order valence-corrected chi connectivity index (χ2v) is 5.81. The van der Waals surface area contributed by atoms with Gasteiger partial charge >= 0.3 is 0 Å². The van der Waals surface area contributed by atoms with Crippen LogP contribution in [0.5, 0.6) is 0 Å². The number of hydrogen-bond acceptors (Lipinski definition) is 2. The van der Waals surface area contributed by atoms with Crippen molar-refractivity contribution in [3.63, 3.8) is 0 Å². The maximum absolute atomic E-state index is 12.0. The molecule has 2 amide bonds. The Bertz CT molecular complexity index is 504. The lowest BCUT2D eigenvalue weighted by Gasteiger charge is -2.22. The molecule has 1 N–H and O–H groups in total. The monoisotopic (exact) mass is 316 g/mol. The summed E-state index contributed by atoms with van der Waals surface area (Å²) in [6, 6.07) is 4.82. The molecule has 1 aromatic rings. The highest BCUT2D eigenvalue weighted by Gasteiger charge is 2.15. The van der Waals surface area contributed by atoms with E-state index in [9.17, 15) is 9.59 Å².